The Morgan fingerprint density at radius 2 is 2.17 bits per heavy atom. The lowest BCUT2D eigenvalue weighted by atomic mass is 9.84. The van der Waals surface area contributed by atoms with Crippen LogP contribution >= 0.6 is 0 Å². The Bertz CT molecular complexity index is 576. The molecule has 2 amide bonds. The van der Waals surface area contributed by atoms with Crippen molar-refractivity contribution in [2.24, 2.45) is 11.8 Å². The van der Waals surface area contributed by atoms with E-state index in [1.54, 1.807) is 0 Å². The smallest absolute Gasteiger partial charge is 0.317 e. The molecule has 24 heavy (non-hydrogen) atoms. The number of fused-ring (bicyclic) bond motifs is 1. The molecule has 130 valence electrons. The van der Waals surface area contributed by atoms with E-state index in [0.717, 1.165) is 32.6 Å². The molecule has 4 nitrogen and oxygen atoms in total. The molecule has 3 aliphatic rings. The van der Waals surface area contributed by atoms with Gasteiger partial charge >= 0.3 is 6.03 Å². The zero-order valence-corrected chi connectivity index (χ0v) is 14.5. The van der Waals surface area contributed by atoms with Crippen molar-refractivity contribution >= 4 is 6.03 Å². The lowest BCUT2D eigenvalue weighted by Gasteiger charge is -2.32. The van der Waals surface area contributed by atoms with Crippen LogP contribution in [0.25, 0.3) is 0 Å². The van der Waals surface area contributed by atoms with Crippen LogP contribution in [0.1, 0.15) is 44.1 Å². The Morgan fingerprint density at radius 3 is 2.96 bits per heavy atom. The minimum absolute atomic E-state index is 0.147. The van der Waals surface area contributed by atoms with Crippen LogP contribution in [0.2, 0.25) is 0 Å². The van der Waals surface area contributed by atoms with Crippen LogP contribution in [0.5, 0.6) is 0 Å². The molecule has 5 atom stereocenters. The van der Waals surface area contributed by atoms with Crippen molar-refractivity contribution in [3.05, 3.63) is 35.9 Å². The molecule has 5 unspecified atom stereocenters. The summed E-state index contributed by atoms with van der Waals surface area (Å²) in [6.07, 6.45) is 4.56. The molecular weight excluding hydrogens is 300 g/mol. The fourth-order valence-electron chi connectivity index (χ4n) is 4.64. The summed E-state index contributed by atoms with van der Waals surface area (Å²) in [5, 5.41) is 3.28. The second-order valence-corrected chi connectivity index (χ2v) is 7.60. The van der Waals surface area contributed by atoms with Gasteiger partial charge in [-0.3, -0.25) is 0 Å². The molecule has 4 heteroatoms. The molecule has 1 aromatic rings. The predicted octanol–water partition coefficient (Wildman–Crippen LogP) is 3.39. The Morgan fingerprint density at radius 1 is 1.33 bits per heavy atom. The first-order chi connectivity index (χ1) is 11.8. The quantitative estimate of drug-likeness (QED) is 0.920. The van der Waals surface area contributed by atoms with Crippen LogP contribution in [0.4, 0.5) is 4.79 Å². The van der Waals surface area contributed by atoms with Gasteiger partial charge in [0.25, 0.3) is 0 Å². The zero-order chi connectivity index (χ0) is 16.5. The third-order valence-electron chi connectivity index (χ3n) is 6.05. The number of rotatable bonds is 4. The molecule has 2 saturated heterocycles. The van der Waals surface area contributed by atoms with Crippen LogP contribution in [-0.4, -0.2) is 42.8 Å². The van der Waals surface area contributed by atoms with Crippen LogP contribution in [-0.2, 0) is 4.74 Å². The normalized spacial score (nSPS) is 34.7. The molecule has 1 aliphatic carbocycles. The van der Waals surface area contributed by atoms with Gasteiger partial charge in [-0.05, 0) is 30.7 Å². The van der Waals surface area contributed by atoms with E-state index in [2.05, 4.69) is 47.5 Å². The number of nitrogens with one attached hydrogen (secondary N) is 1. The van der Waals surface area contributed by atoms with Crippen molar-refractivity contribution in [1.29, 1.82) is 0 Å². The van der Waals surface area contributed by atoms with Gasteiger partial charge in [-0.15, -0.1) is 0 Å². The van der Waals surface area contributed by atoms with Crippen LogP contribution in [0.3, 0.4) is 0 Å². The monoisotopic (exact) mass is 328 g/mol. The van der Waals surface area contributed by atoms with Crippen molar-refractivity contribution in [3.63, 3.8) is 0 Å². The number of carbonyl (C=O) groups is 1. The molecule has 3 fully saturated rings. The second kappa shape index (κ2) is 6.75. The van der Waals surface area contributed by atoms with Gasteiger partial charge in [-0.1, -0.05) is 43.7 Å². The van der Waals surface area contributed by atoms with Crippen molar-refractivity contribution < 1.29 is 9.53 Å². The Labute approximate surface area is 144 Å². The number of amides is 2. The average molecular weight is 328 g/mol. The fourth-order valence-corrected chi connectivity index (χ4v) is 4.64. The van der Waals surface area contributed by atoms with E-state index < -0.39 is 0 Å². The number of benzene rings is 1. The zero-order valence-electron chi connectivity index (χ0n) is 14.5. The maximum absolute atomic E-state index is 12.9. The molecule has 1 aromatic carbocycles. The van der Waals surface area contributed by atoms with E-state index in [1.165, 1.54) is 18.4 Å². The van der Waals surface area contributed by atoms with E-state index >= 15 is 0 Å². The molecule has 0 radical (unpaired) electrons. The van der Waals surface area contributed by atoms with Gasteiger partial charge in [0, 0.05) is 37.1 Å². The van der Waals surface area contributed by atoms with Crippen molar-refractivity contribution in [2.75, 3.05) is 19.8 Å². The highest BCUT2D eigenvalue weighted by Crippen LogP contribution is 2.41. The maximum Gasteiger partial charge on any atom is 0.317 e. The van der Waals surface area contributed by atoms with Crippen LogP contribution in [0.15, 0.2) is 30.3 Å². The largest absolute Gasteiger partial charge is 0.381 e. The third kappa shape index (κ3) is 3.04. The Balaban J connectivity index is 1.46. The van der Waals surface area contributed by atoms with Gasteiger partial charge in [0.05, 0.1) is 6.61 Å². The van der Waals surface area contributed by atoms with E-state index in [-0.39, 0.29) is 6.03 Å². The topological polar surface area (TPSA) is 41.6 Å². The molecule has 1 N–H and O–H groups in total. The molecule has 0 aromatic heterocycles. The number of hydrogen-bond acceptors (Lipinski definition) is 2. The van der Waals surface area contributed by atoms with Crippen LogP contribution < -0.4 is 5.32 Å². The summed E-state index contributed by atoms with van der Waals surface area (Å²) in [5.41, 5.74) is 1.34. The summed E-state index contributed by atoms with van der Waals surface area (Å²) in [6, 6.07) is 11.5. The highest BCUT2D eigenvalue weighted by molar-refractivity contribution is 5.76. The molecular formula is C20H28N2O2. The molecule has 1 saturated carbocycles. The average Bonchev–Trinajstić information content (AvgIpc) is 3.22. The summed E-state index contributed by atoms with van der Waals surface area (Å²) in [6.45, 7) is 4.58. The van der Waals surface area contributed by atoms with E-state index in [4.69, 9.17) is 4.74 Å². The van der Waals surface area contributed by atoms with Gasteiger partial charge in [-0.2, -0.15) is 0 Å². The maximum atomic E-state index is 12.9. The molecule has 2 heterocycles. The SMILES string of the molecule is CCCC1CC1NC(=O)N1CC(c2ccccc2)C2COCCC21. The third-order valence-corrected chi connectivity index (χ3v) is 6.05. The Kier molecular flexibility index (Phi) is 4.49. The van der Waals surface area contributed by atoms with Crippen molar-refractivity contribution in [3.8, 4) is 0 Å². The molecule has 0 spiro atoms. The highest BCUT2D eigenvalue weighted by atomic mass is 16.5. The summed E-state index contributed by atoms with van der Waals surface area (Å²) >= 11 is 0. The van der Waals surface area contributed by atoms with E-state index in [0.29, 0.717) is 29.8 Å². The fraction of sp³-hybridized carbons (Fsp3) is 0.650. The standard InChI is InChI=1S/C20H28N2O2/c1-2-6-15-11-18(15)21-20(23)22-12-16(14-7-4-3-5-8-14)17-13-24-10-9-19(17)22/h3-5,7-8,15-19H,2,6,9-13H2,1H3,(H,21,23). The van der Waals surface area contributed by atoms with E-state index in [9.17, 15) is 4.79 Å². The first-order valence-electron chi connectivity index (χ1n) is 9.47. The summed E-state index contributed by atoms with van der Waals surface area (Å²) < 4.78 is 5.75. The first kappa shape index (κ1) is 15.9. The summed E-state index contributed by atoms with van der Waals surface area (Å²) in [7, 11) is 0. The number of carbonyl (C=O) groups excluding carboxylic acids is 1. The number of hydrogen-bond donors (Lipinski definition) is 1. The number of urea groups is 1. The van der Waals surface area contributed by atoms with Gasteiger partial charge in [0.15, 0.2) is 0 Å². The Hall–Kier alpha value is -1.55. The van der Waals surface area contributed by atoms with Crippen molar-refractivity contribution in [2.45, 2.75) is 50.6 Å². The molecule has 4 rings (SSSR count). The van der Waals surface area contributed by atoms with Gasteiger partial charge < -0.3 is 15.0 Å². The second-order valence-electron chi connectivity index (χ2n) is 7.60. The highest BCUT2D eigenvalue weighted by Gasteiger charge is 2.47. The molecule has 0 bridgehead atoms. The van der Waals surface area contributed by atoms with Crippen molar-refractivity contribution in [1.82, 2.24) is 10.2 Å². The number of nitrogens with zero attached hydrogens (tertiary/aromatic N) is 1. The first-order valence-corrected chi connectivity index (χ1v) is 9.47. The number of likely N-dealkylation sites (tertiary alicyclic amines) is 1. The number of ether oxygens (including phenoxy) is 1. The van der Waals surface area contributed by atoms with Gasteiger partial charge in [0.1, 0.15) is 0 Å². The summed E-state index contributed by atoms with van der Waals surface area (Å²) in [4.78, 5) is 15.0. The minimum atomic E-state index is 0.147. The molecule has 2 aliphatic heterocycles. The minimum Gasteiger partial charge on any atom is -0.381 e. The lowest BCUT2D eigenvalue weighted by Crippen LogP contribution is -2.47. The predicted molar refractivity (Wildman–Crippen MR) is 93.9 cm³/mol. The van der Waals surface area contributed by atoms with E-state index in [1.807, 2.05) is 0 Å². The van der Waals surface area contributed by atoms with Crippen LogP contribution in [0, 0.1) is 11.8 Å². The summed E-state index contributed by atoms with van der Waals surface area (Å²) in [5.74, 6) is 1.53. The van der Waals surface area contributed by atoms with Gasteiger partial charge in [-0.25, -0.2) is 4.79 Å². The van der Waals surface area contributed by atoms with Gasteiger partial charge in [0.2, 0.25) is 0 Å². The lowest BCUT2D eigenvalue weighted by molar-refractivity contribution is 0.0261.